The van der Waals surface area contributed by atoms with Gasteiger partial charge in [0.1, 0.15) is 12.1 Å². The molecule has 8 heteroatoms. The summed E-state index contributed by atoms with van der Waals surface area (Å²) in [6, 6.07) is 8.42. The van der Waals surface area contributed by atoms with Gasteiger partial charge in [0.15, 0.2) is 5.13 Å². The van der Waals surface area contributed by atoms with Gasteiger partial charge in [-0.3, -0.25) is 4.79 Å². The molecule has 0 spiro atoms. The summed E-state index contributed by atoms with van der Waals surface area (Å²) in [5.41, 5.74) is 1.81. The molecular weight excluding hydrogens is 394 g/mol. The number of fused-ring (bicyclic) bond motifs is 1. The molecule has 2 atom stereocenters. The number of amides is 1. The first-order valence-electron chi connectivity index (χ1n) is 9.51. The van der Waals surface area contributed by atoms with Gasteiger partial charge in [-0.05, 0) is 49.3 Å². The van der Waals surface area contributed by atoms with E-state index in [-0.39, 0.29) is 30.4 Å². The summed E-state index contributed by atoms with van der Waals surface area (Å²) in [6.45, 7) is 0. The minimum atomic E-state index is -2.80. The molecule has 2 aliphatic rings. The minimum absolute atomic E-state index is 0.140. The fraction of sp³-hybridized carbons (Fsp3) is 0.429. The summed E-state index contributed by atoms with van der Waals surface area (Å²) in [5, 5.41) is 21.8. The summed E-state index contributed by atoms with van der Waals surface area (Å²) in [4.78, 5) is 18.8. The van der Waals surface area contributed by atoms with E-state index in [9.17, 15) is 18.8 Å². The van der Waals surface area contributed by atoms with Gasteiger partial charge in [0.05, 0.1) is 22.7 Å². The highest BCUT2D eigenvalue weighted by Crippen LogP contribution is 2.46. The molecule has 1 aromatic heterocycles. The van der Waals surface area contributed by atoms with Gasteiger partial charge < -0.3 is 5.32 Å². The monoisotopic (exact) mass is 412 g/mol. The summed E-state index contributed by atoms with van der Waals surface area (Å²) >= 11 is 1.43. The second-order valence-electron chi connectivity index (χ2n) is 7.60. The first-order valence-corrected chi connectivity index (χ1v) is 10.3. The molecule has 4 rings (SSSR count). The fourth-order valence-electron chi connectivity index (χ4n) is 4.28. The number of anilines is 1. The molecule has 1 N–H and O–H groups in total. The smallest absolute Gasteiger partial charge is 0.248 e. The zero-order valence-electron chi connectivity index (χ0n) is 15.5. The standard InChI is InChI=1S/C21H18F2N4OS/c22-21(23)7-6-13(9-21)18(12-4-5-14(10-24)15(8-12)11-25)19(28)27-20-26-16-2-1-3-17(16)29-20/h4-5,8,13,18H,1-3,6-7,9H2,(H,26,27,28). The maximum absolute atomic E-state index is 13.9. The Morgan fingerprint density at radius 1 is 1.28 bits per heavy atom. The number of nitrogens with zero attached hydrogens (tertiary/aromatic N) is 3. The van der Waals surface area contributed by atoms with Crippen LogP contribution in [0.3, 0.4) is 0 Å². The topological polar surface area (TPSA) is 89.6 Å². The van der Waals surface area contributed by atoms with Crippen LogP contribution in [-0.4, -0.2) is 16.8 Å². The predicted molar refractivity (Wildman–Crippen MR) is 104 cm³/mol. The van der Waals surface area contributed by atoms with Crippen molar-refractivity contribution in [1.82, 2.24) is 4.98 Å². The molecule has 1 saturated carbocycles. The van der Waals surface area contributed by atoms with E-state index in [1.807, 2.05) is 12.1 Å². The quantitative estimate of drug-likeness (QED) is 0.799. The maximum atomic E-state index is 13.9. The SMILES string of the molecule is N#Cc1ccc(C(C(=O)Nc2nc3c(s2)CCC3)C2CCC(F)(F)C2)cc1C#N. The van der Waals surface area contributed by atoms with Gasteiger partial charge in [0, 0.05) is 17.7 Å². The first-order chi connectivity index (χ1) is 13.9. The van der Waals surface area contributed by atoms with Crippen LogP contribution in [0.2, 0.25) is 0 Å². The zero-order valence-corrected chi connectivity index (χ0v) is 16.4. The number of carbonyl (C=O) groups excluding carboxylic acids is 1. The number of benzene rings is 1. The van der Waals surface area contributed by atoms with Crippen LogP contribution in [0.25, 0.3) is 0 Å². The average molecular weight is 412 g/mol. The number of alkyl halides is 2. The third-order valence-electron chi connectivity index (χ3n) is 5.67. The Hall–Kier alpha value is -2.84. The van der Waals surface area contributed by atoms with Crippen LogP contribution in [-0.2, 0) is 17.6 Å². The van der Waals surface area contributed by atoms with Crippen molar-refractivity contribution in [2.45, 2.75) is 50.4 Å². The average Bonchev–Trinajstić information content (AvgIpc) is 3.36. The summed E-state index contributed by atoms with van der Waals surface area (Å²) in [5.74, 6) is -4.57. The van der Waals surface area contributed by atoms with Gasteiger partial charge in [-0.1, -0.05) is 6.07 Å². The number of halogens is 2. The van der Waals surface area contributed by atoms with Crippen molar-refractivity contribution in [3.05, 3.63) is 45.5 Å². The summed E-state index contributed by atoms with van der Waals surface area (Å²) < 4.78 is 27.8. The number of nitrogens with one attached hydrogen (secondary N) is 1. The second-order valence-corrected chi connectivity index (χ2v) is 8.68. The van der Waals surface area contributed by atoms with Crippen molar-refractivity contribution < 1.29 is 13.6 Å². The van der Waals surface area contributed by atoms with Gasteiger partial charge in [-0.15, -0.1) is 11.3 Å². The molecule has 0 saturated heterocycles. The van der Waals surface area contributed by atoms with Crippen LogP contribution >= 0.6 is 11.3 Å². The zero-order chi connectivity index (χ0) is 20.6. The molecule has 29 heavy (non-hydrogen) atoms. The second kappa shape index (κ2) is 7.53. The van der Waals surface area contributed by atoms with E-state index in [1.165, 1.54) is 23.5 Å². The third kappa shape index (κ3) is 3.86. The number of aromatic nitrogens is 1. The maximum Gasteiger partial charge on any atom is 0.248 e. The van der Waals surface area contributed by atoms with Crippen molar-refractivity contribution in [2.75, 3.05) is 5.32 Å². The van der Waals surface area contributed by atoms with Gasteiger partial charge in [-0.2, -0.15) is 10.5 Å². The van der Waals surface area contributed by atoms with Crippen LogP contribution in [0.4, 0.5) is 13.9 Å². The Labute approximate surface area is 171 Å². The van der Waals surface area contributed by atoms with E-state index in [1.54, 1.807) is 6.07 Å². The third-order valence-corrected chi connectivity index (χ3v) is 6.74. The largest absolute Gasteiger partial charge is 0.301 e. The van der Waals surface area contributed by atoms with Crippen LogP contribution in [0.1, 0.15) is 58.9 Å². The van der Waals surface area contributed by atoms with E-state index in [4.69, 9.17) is 5.26 Å². The van der Waals surface area contributed by atoms with Crippen molar-refractivity contribution >= 4 is 22.4 Å². The van der Waals surface area contributed by atoms with Crippen LogP contribution in [0.5, 0.6) is 0 Å². The van der Waals surface area contributed by atoms with Gasteiger partial charge in [-0.25, -0.2) is 13.8 Å². The van der Waals surface area contributed by atoms with E-state index in [0.717, 1.165) is 29.8 Å². The molecule has 0 bridgehead atoms. The lowest BCUT2D eigenvalue weighted by molar-refractivity contribution is -0.118. The molecule has 1 amide bonds. The van der Waals surface area contributed by atoms with Crippen LogP contribution in [0.15, 0.2) is 18.2 Å². The van der Waals surface area contributed by atoms with E-state index < -0.39 is 23.7 Å². The van der Waals surface area contributed by atoms with E-state index >= 15 is 0 Å². The molecule has 2 unspecified atom stereocenters. The van der Waals surface area contributed by atoms with Gasteiger partial charge in [0.2, 0.25) is 11.8 Å². The molecule has 0 aliphatic heterocycles. The lowest BCUT2D eigenvalue weighted by Crippen LogP contribution is -2.27. The molecule has 148 valence electrons. The molecule has 1 heterocycles. The number of carbonyl (C=O) groups is 1. The lowest BCUT2D eigenvalue weighted by atomic mass is 9.83. The lowest BCUT2D eigenvalue weighted by Gasteiger charge is -2.23. The van der Waals surface area contributed by atoms with E-state index in [2.05, 4.69) is 10.3 Å². The van der Waals surface area contributed by atoms with Crippen LogP contribution in [0, 0.1) is 28.6 Å². The molecule has 2 aromatic rings. The number of hydrogen-bond donors (Lipinski definition) is 1. The molecule has 1 aromatic carbocycles. The fourth-order valence-corrected chi connectivity index (χ4v) is 5.33. The Kier molecular flexibility index (Phi) is 5.06. The van der Waals surface area contributed by atoms with Crippen molar-refractivity contribution in [3.63, 3.8) is 0 Å². The Bertz CT molecular complexity index is 1030. The number of hydrogen-bond acceptors (Lipinski definition) is 5. The summed E-state index contributed by atoms with van der Waals surface area (Å²) in [7, 11) is 0. The number of thiazole rings is 1. The van der Waals surface area contributed by atoms with E-state index in [0.29, 0.717) is 10.7 Å². The Balaban J connectivity index is 1.66. The molecule has 0 radical (unpaired) electrons. The molecule has 1 fully saturated rings. The molecule has 5 nitrogen and oxygen atoms in total. The Morgan fingerprint density at radius 2 is 2.07 bits per heavy atom. The highest BCUT2D eigenvalue weighted by atomic mass is 32.1. The Morgan fingerprint density at radius 3 is 2.72 bits per heavy atom. The molecular formula is C21H18F2N4OS. The number of aryl methyl sites for hydroxylation is 2. The number of rotatable bonds is 4. The predicted octanol–water partition coefficient (Wildman–Crippen LogP) is 4.53. The van der Waals surface area contributed by atoms with Gasteiger partial charge in [0.25, 0.3) is 0 Å². The van der Waals surface area contributed by atoms with Crippen molar-refractivity contribution in [3.8, 4) is 12.1 Å². The van der Waals surface area contributed by atoms with Crippen molar-refractivity contribution in [1.29, 1.82) is 10.5 Å². The highest BCUT2D eigenvalue weighted by molar-refractivity contribution is 7.15. The normalized spacial score (nSPS) is 20.5. The number of nitriles is 2. The van der Waals surface area contributed by atoms with Crippen molar-refractivity contribution in [2.24, 2.45) is 5.92 Å². The van der Waals surface area contributed by atoms with Gasteiger partial charge >= 0.3 is 0 Å². The first kappa shape index (κ1) is 19.5. The highest BCUT2D eigenvalue weighted by Gasteiger charge is 2.45. The summed E-state index contributed by atoms with van der Waals surface area (Å²) in [6.07, 6.45) is 2.49. The minimum Gasteiger partial charge on any atom is -0.301 e. The van der Waals surface area contributed by atoms with Crippen LogP contribution < -0.4 is 5.32 Å². The molecule has 2 aliphatic carbocycles.